The van der Waals surface area contributed by atoms with Crippen molar-refractivity contribution in [1.82, 2.24) is 19.1 Å². The summed E-state index contributed by atoms with van der Waals surface area (Å²) in [6, 6.07) is 0.0109. The molecule has 3 rings (SSSR count). The Morgan fingerprint density at radius 3 is 2.67 bits per heavy atom. The highest BCUT2D eigenvalue weighted by molar-refractivity contribution is 9.10. The molecule has 6 nitrogen and oxygen atoms in total. The van der Waals surface area contributed by atoms with E-state index in [1.807, 2.05) is 0 Å². The quantitative estimate of drug-likeness (QED) is 0.608. The highest BCUT2D eigenvalue weighted by Gasteiger charge is 2.24. The number of halogens is 1. The third-order valence-electron chi connectivity index (χ3n) is 3.78. The Hall–Kier alpha value is -1.94. The smallest absolute Gasteiger partial charge is 0.282 e. The van der Waals surface area contributed by atoms with Crippen molar-refractivity contribution < 1.29 is 0 Å². The highest BCUT2D eigenvalue weighted by Crippen LogP contribution is 2.29. The highest BCUT2D eigenvalue weighted by atomic mass is 79.9. The predicted octanol–water partition coefficient (Wildman–Crippen LogP) is 1.46. The number of hydrogen-bond acceptors (Lipinski definition) is 4. The number of aromatic nitrogens is 4. The summed E-state index contributed by atoms with van der Waals surface area (Å²) in [6.45, 7) is 0.00634. The van der Waals surface area contributed by atoms with Crippen LogP contribution in [0.1, 0.15) is 31.7 Å². The van der Waals surface area contributed by atoms with E-state index in [1.54, 1.807) is 0 Å². The van der Waals surface area contributed by atoms with Crippen LogP contribution in [-0.2, 0) is 6.54 Å². The molecule has 2 aromatic heterocycles. The molecule has 0 amide bonds. The normalized spacial score (nSPS) is 15.4. The maximum atomic E-state index is 12.5. The van der Waals surface area contributed by atoms with Crippen molar-refractivity contribution in [1.29, 1.82) is 0 Å². The Kier molecular flexibility index (Phi) is 3.64. The van der Waals surface area contributed by atoms with Gasteiger partial charge in [-0.2, -0.15) is 0 Å². The van der Waals surface area contributed by atoms with Crippen molar-refractivity contribution in [3.63, 3.8) is 0 Å². The molecule has 0 N–H and O–H groups in total. The van der Waals surface area contributed by atoms with Crippen LogP contribution in [0.4, 0.5) is 0 Å². The molecule has 7 heteroatoms. The lowest BCUT2D eigenvalue weighted by Gasteiger charge is -2.17. The van der Waals surface area contributed by atoms with Gasteiger partial charge in [0.25, 0.3) is 0 Å². The Bertz CT molecular complexity index is 856. The fourth-order valence-electron chi connectivity index (χ4n) is 2.85. The third-order valence-corrected chi connectivity index (χ3v) is 4.16. The fourth-order valence-corrected chi connectivity index (χ4v) is 3.12. The van der Waals surface area contributed by atoms with Crippen molar-refractivity contribution in [2.45, 2.75) is 38.3 Å². The zero-order valence-corrected chi connectivity index (χ0v) is 12.8. The van der Waals surface area contributed by atoms with E-state index in [2.05, 4.69) is 31.8 Å². The summed E-state index contributed by atoms with van der Waals surface area (Å²) in [5.74, 6) is 2.38. The van der Waals surface area contributed by atoms with Crippen molar-refractivity contribution >= 4 is 27.2 Å². The maximum absolute atomic E-state index is 12.5. The van der Waals surface area contributed by atoms with Gasteiger partial charge in [-0.15, -0.1) is 6.42 Å². The van der Waals surface area contributed by atoms with Gasteiger partial charge < -0.3 is 0 Å². The summed E-state index contributed by atoms with van der Waals surface area (Å²) < 4.78 is 3.23. The SMILES string of the molecule is C#CCn1c(=O)c(=O)n(C2CCCC2)c2nc(Br)cnc21. The van der Waals surface area contributed by atoms with E-state index >= 15 is 0 Å². The van der Waals surface area contributed by atoms with Crippen molar-refractivity contribution in [2.75, 3.05) is 0 Å². The molecule has 0 aromatic carbocycles. The van der Waals surface area contributed by atoms with Crippen molar-refractivity contribution in [3.05, 3.63) is 31.5 Å². The molecule has 0 spiro atoms. The largest absolute Gasteiger partial charge is 0.319 e. The molecule has 1 fully saturated rings. The van der Waals surface area contributed by atoms with Gasteiger partial charge in [-0.25, -0.2) is 9.97 Å². The first-order valence-corrected chi connectivity index (χ1v) is 7.54. The van der Waals surface area contributed by atoms with Gasteiger partial charge >= 0.3 is 11.1 Å². The summed E-state index contributed by atoms with van der Waals surface area (Å²) >= 11 is 3.27. The van der Waals surface area contributed by atoms with Crippen LogP contribution in [0.15, 0.2) is 20.4 Å². The molecule has 2 aromatic rings. The zero-order valence-electron chi connectivity index (χ0n) is 11.3. The molecule has 0 aliphatic heterocycles. The summed E-state index contributed by atoms with van der Waals surface area (Å²) in [5, 5.41) is 0. The average molecular weight is 349 g/mol. The Morgan fingerprint density at radius 1 is 1.29 bits per heavy atom. The van der Waals surface area contributed by atoms with Gasteiger partial charge in [0, 0.05) is 6.04 Å². The van der Waals surface area contributed by atoms with E-state index in [0.29, 0.717) is 15.9 Å². The average Bonchev–Trinajstić information content (AvgIpc) is 2.98. The Balaban J connectivity index is 2.42. The summed E-state index contributed by atoms with van der Waals surface area (Å²) in [7, 11) is 0. The zero-order chi connectivity index (χ0) is 15.0. The van der Waals surface area contributed by atoms with Crippen LogP contribution in [0.25, 0.3) is 11.3 Å². The second-order valence-corrected chi connectivity index (χ2v) is 5.86. The molecule has 0 bridgehead atoms. The van der Waals surface area contributed by atoms with E-state index < -0.39 is 11.1 Å². The van der Waals surface area contributed by atoms with Crippen LogP contribution in [-0.4, -0.2) is 19.1 Å². The molecule has 0 radical (unpaired) electrons. The van der Waals surface area contributed by atoms with Crippen molar-refractivity contribution in [3.8, 4) is 12.3 Å². The van der Waals surface area contributed by atoms with Gasteiger partial charge in [0.15, 0.2) is 11.3 Å². The van der Waals surface area contributed by atoms with E-state index in [9.17, 15) is 9.59 Å². The molecule has 21 heavy (non-hydrogen) atoms. The minimum atomic E-state index is -0.635. The molecule has 0 unspecified atom stereocenters. The van der Waals surface area contributed by atoms with Crippen molar-refractivity contribution in [2.24, 2.45) is 0 Å². The van der Waals surface area contributed by atoms with E-state index in [4.69, 9.17) is 6.42 Å². The van der Waals surface area contributed by atoms with Gasteiger partial charge in [-0.05, 0) is 28.8 Å². The Labute approximate surface area is 129 Å². The molecule has 2 heterocycles. The number of nitrogens with zero attached hydrogens (tertiary/aromatic N) is 4. The van der Waals surface area contributed by atoms with Crippen LogP contribution in [0.2, 0.25) is 0 Å². The van der Waals surface area contributed by atoms with Gasteiger partial charge in [-0.1, -0.05) is 18.8 Å². The summed E-state index contributed by atoms with van der Waals surface area (Å²) in [5.41, 5.74) is -0.440. The molecular weight excluding hydrogens is 336 g/mol. The van der Waals surface area contributed by atoms with Crippen LogP contribution in [0, 0.1) is 12.3 Å². The number of rotatable bonds is 2. The topological polar surface area (TPSA) is 69.8 Å². The van der Waals surface area contributed by atoms with E-state index in [-0.39, 0.29) is 12.6 Å². The van der Waals surface area contributed by atoms with Gasteiger partial charge in [0.2, 0.25) is 0 Å². The number of fused-ring (bicyclic) bond motifs is 1. The second kappa shape index (κ2) is 5.45. The summed E-state index contributed by atoms with van der Waals surface area (Å²) in [4.78, 5) is 33.3. The third kappa shape index (κ3) is 2.29. The lowest BCUT2D eigenvalue weighted by atomic mass is 10.2. The van der Waals surface area contributed by atoms with Crippen LogP contribution < -0.4 is 11.1 Å². The second-order valence-electron chi connectivity index (χ2n) is 5.05. The standard InChI is InChI=1S/C14H13BrN4O2/c1-2-7-18-11-12(17-10(15)8-16-11)19(14(21)13(18)20)9-5-3-4-6-9/h1,8-9H,3-7H2. The molecule has 0 atom stereocenters. The fraction of sp³-hybridized carbons (Fsp3) is 0.429. The maximum Gasteiger partial charge on any atom is 0.319 e. The van der Waals surface area contributed by atoms with Gasteiger partial charge in [0.1, 0.15) is 4.60 Å². The molecule has 1 aliphatic rings. The molecule has 1 saturated carbocycles. The first kappa shape index (κ1) is 14.0. The first-order valence-electron chi connectivity index (χ1n) is 6.74. The minimum absolute atomic E-state index is 0.00634. The lowest BCUT2D eigenvalue weighted by Crippen LogP contribution is -2.43. The van der Waals surface area contributed by atoms with Crippen LogP contribution in [0.3, 0.4) is 0 Å². The van der Waals surface area contributed by atoms with E-state index in [0.717, 1.165) is 25.7 Å². The molecule has 0 saturated heterocycles. The van der Waals surface area contributed by atoms with Crippen LogP contribution in [0.5, 0.6) is 0 Å². The monoisotopic (exact) mass is 348 g/mol. The molecule has 1 aliphatic carbocycles. The first-order chi connectivity index (χ1) is 10.1. The van der Waals surface area contributed by atoms with E-state index in [1.165, 1.54) is 15.3 Å². The number of hydrogen-bond donors (Lipinski definition) is 0. The van der Waals surface area contributed by atoms with Crippen LogP contribution >= 0.6 is 15.9 Å². The Morgan fingerprint density at radius 2 is 2.00 bits per heavy atom. The van der Waals surface area contributed by atoms with Gasteiger partial charge in [-0.3, -0.25) is 18.7 Å². The summed E-state index contributed by atoms with van der Waals surface area (Å²) in [6.07, 6.45) is 10.6. The minimum Gasteiger partial charge on any atom is -0.282 e. The number of terminal acetylenes is 1. The van der Waals surface area contributed by atoms with Gasteiger partial charge in [0.05, 0.1) is 12.7 Å². The molecule has 108 valence electrons. The predicted molar refractivity (Wildman–Crippen MR) is 82.1 cm³/mol. The molecular formula is C14H13BrN4O2. The lowest BCUT2D eigenvalue weighted by molar-refractivity contribution is 0.505.